The fourth-order valence-corrected chi connectivity index (χ4v) is 1.28. The van der Waals surface area contributed by atoms with E-state index in [4.69, 9.17) is 4.74 Å². The molecule has 74 valence electrons. The molecule has 0 saturated carbocycles. The maximum atomic E-state index is 11.1. The smallest absolute Gasteiger partial charge is 0.183 e. The Morgan fingerprint density at radius 1 is 1.54 bits per heavy atom. The predicted molar refractivity (Wildman–Crippen MR) is 51.7 cm³/mol. The summed E-state index contributed by atoms with van der Waals surface area (Å²) in [5.41, 5.74) is 0.578. The molecule has 0 aromatic heterocycles. The van der Waals surface area contributed by atoms with Gasteiger partial charge in [0.25, 0.3) is 0 Å². The van der Waals surface area contributed by atoms with Crippen LogP contribution in [0.2, 0.25) is 0 Å². The van der Waals surface area contributed by atoms with Crippen molar-refractivity contribution >= 4 is 5.78 Å². The van der Waals surface area contributed by atoms with Gasteiger partial charge in [0, 0.05) is 0 Å². The van der Waals surface area contributed by atoms with Crippen LogP contribution in [0.3, 0.4) is 0 Å². The van der Waals surface area contributed by atoms with Crippen LogP contribution in [0.25, 0.3) is 0 Å². The Kier molecular flexibility index (Phi) is 4.12. The van der Waals surface area contributed by atoms with Crippen LogP contribution in [-0.2, 0) is 9.53 Å². The highest BCUT2D eigenvalue weighted by atomic mass is 16.5. The van der Waals surface area contributed by atoms with Gasteiger partial charge >= 0.3 is 0 Å². The molecule has 0 aromatic rings. The molecule has 1 saturated heterocycles. The highest BCUT2D eigenvalue weighted by Gasteiger charge is 2.14. The van der Waals surface area contributed by atoms with Gasteiger partial charge in [-0.15, -0.1) is 0 Å². The number of ether oxygens (including phenoxy) is 1. The van der Waals surface area contributed by atoms with Crippen molar-refractivity contribution in [1.29, 1.82) is 0 Å². The summed E-state index contributed by atoms with van der Waals surface area (Å²) in [5.74, 6) is 0.0125. The number of carbonyl (C=O) groups is 1. The summed E-state index contributed by atoms with van der Waals surface area (Å²) < 4.78 is 5.46. The molecule has 1 heterocycles. The van der Waals surface area contributed by atoms with Gasteiger partial charge in [-0.05, 0) is 38.4 Å². The van der Waals surface area contributed by atoms with E-state index in [2.05, 4.69) is 11.9 Å². The largest absolute Gasteiger partial charge is 0.370 e. The van der Waals surface area contributed by atoms with Crippen molar-refractivity contribution in [3.63, 3.8) is 0 Å². The molecule has 0 radical (unpaired) electrons. The summed E-state index contributed by atoms with van der Waals surface area (Å²) in [4.78, 5) is 11.1. The molecule has 0 aliphatic carbocycles. The third kappa shape index (κ3) is 3.70. The van der Waals surface area contributed by atoms with E-state index in [1.807, 2.05) is 0 Å². The van der Waals surface area contributed by atoms with E-state index in [0.29, 0.717) is 5.57 Å². The SMILES string of the molecule is C=C(C)C(=O)COC1CCNCC1. The van der Waals surface area contributed by atoms with Crippen molar-refractivity contribution < 1.29 is 9.53 Å². The number of carbonyl (C=O) groups excluding carboxylic acids is 1. The summed E-state index contributed by atoms with van der Waals surface area (Å²) in [6.07, 6.45) is 2.26. The maximum absolute atomic E-state index is 11.1. The van der Waals surface area contributed by atoms with Crippen LogP contribution < -0.4 is 5.32 Å². The van der Waals surface area contributed by atoms with Crippen molar-refractivity contribution in [2.24, 2.45) is 0 Å². The highest BCUT2D eigenvalue weighted by molar-refractivity contribution is 5.95. The van der Waals surface area contributed by atoms with E-state index in [0.717, 1.165) is 25.9 Å². The molecule has 0 spiro atoms. The first-order chi connectivity index (χ1) is 6.20. The third-order valence-electron chi connectivity index (χ3n) is 2.21. The first-order valence-electron chi connectivity index (χ1n) is 4.71. The zero-order valence-electron chi connectivity index (χ0n) is 8.14. The molecule has 3 nitrogen and oxygen atoms in total. The number of Topliss-reactive ketones (excluding diaryl/α,β-unsaturated/α-hetero) is 1. The fraction of sp³-hybridized carbons (Fsp3) is 0.700. The van der Waals surface area contributed by atoms with Crippen molar-refractivity contribution in [2.75, 3.05) is 19.7 Å². The molecular formula is C10H17NO2. The Bertz CT molecular complexity index is 195. The summed E-state index contributed by atoms with van der Waals surface area (Å²) in [6.45, 7) is 7.47. The molecule has 1 fully saturated rings. The molecule has 0 aromatic carbocycles. The van der Waals surface area contributed by atoms with Gasteiger partial charge in [-0.25, -0.2) is 0 Å². The van der Waals surface area contributed by atoms with Crippen molar-refractivity contribution in [3.8, 4) is 0 Å². The minimum Gasteiger partial charge on any atom is -0.370 e. The number of ketones is 1. The standard InChI is InChI=1S/C10H17NO2/c1-8(2)10(12)7-13-9-3-5-11-6-4-9/h9,11H,1,3-7H2,2H3. The van der Waals surface area contributed by atoms with Crippen LogP contribution in [0.5, 0.6) is 0 Å². The van der Waals surface area contributed by atoms with Gasteiger partial charge in [0.2, 0.25) is 0 Å². The van der Waals surface area contributed by atoms with E-state index in [1.165, 1.54) is 0 Å². The number of nitrogens with one attached hydrogen (secondary N) is 1. The number of hydrogen-bond donors (Lipinski definition) is 1. The van der Waals surface area contributed by atoms with E-state index in [9.17, 15) is 4.79 Å². The first-order valence-corrected chi connectivity index (χ1v) is 4.71. The highest BCUT2D eigenvalue weighted by Crippen LogP contribution is 2.07. The zero-order valence-corrected chi connectivity index (χ0v) is 8.14. The lowest BCUT2D eigenvalue weighted by atomic mass is 10.1. The second kappa shape index (κ2) is 5.14. The predicted octanol–water partition coefficient (Wildman–Crippen LogP) is 0.900. The van der Waals surface area contributed by atoms with Crippen LogP contribution in [0.1, 0.15) is 19.8 Å². The van der Waals surface area contributed by atoms with E-state index >= 15 is 0 Å². The van der Waals surface area contributed by atoms with Gasteiger partial charge < -0.3 is 10.1 Å². The fourth-order valence-electron chi connectivity index (χ4n) is 1.28. The average molecular weight is 183 g/mol. The lowest BCUT2D eigenvalue weighted by Crippen LogP contribution is -2.33. The Morgan fingerprint density at radius 2 is 2.15 bits per heavy atom. The van der Waals surface area contributed by atoms with Crippen molar-refractivity contribution in [3.05, 3.63) is 12.2 Å². The molecule has 0 amide bonds. The summed E-state index contributed by atoms with van der Waals surface area (Å²) in [5, 5.41) is 3.24. The summed E-state index contributed by atoms with van der Waals surface area (Å²) in [7, 11) is 0. The Labute approximate surface area is 79.2 Å². The molecule has 0 atom stereocenters. The molecule has 3 heteroatoms. The molecule has 0 unspecified atom stereocenters. The van der Waals surface area contributed by atoms with Crippen LogP contribution >= 0.6 is 0 Å². The molecular weight excluding hydrogens is 166 g/mol. The minimum atomic E-state index is 0.0125. The van der Waals surface area contributed by atoms with Gasteiger partial charge in [-0.2, -0.15) is 0 Å². The lowest BCUT2D eigenvalue weighted by Gasteiger charge is -2.22. The van der Waals surface area contributed by atoms with Crippen LogP contribution in [0, 0.1) is 0 Å². The summed E-state index contributed by atoms with van der Waals surface area (Å²) in [6, 6.07) is 0. The van der Waals surface area contributed by atoms with E-state index < -0.39 is 0 Å². The van der Waals surface area contributed by atoms with Crippen LogP contribution in [0.15, 0.2) is 12.2 Å². The molecule has 1 aliphatic heterocycles. The van der Waals surface area contributed by atoms with Gasteiger partial charge in [0.15, 0.2) is 5.78 Å². The number of hydrogen-bond acceptors (Lipinski definition) is 3. The number of rotatable bonds is 4. The van der Waals surface area contributed by atoms with Gasteiger partial charge in [0.1, 0.15) is 6.61 Å². The van der Waals surface area contributed by atoms with Crippen LogP contribution in [0.4, 0.5) is 0 Å². The average Bonchev–Trinajstić information content (AvgIpc) is 2.15. The van der Waals surface area contributed by atoms with Crippen molar-refractivity contribution in [1.82, 2.24) is 5.32 Å². The first kappa shape index (κ1) is 10.4. The lowest BCUT2D eigenvalue weighted by molar-refractivity contribution is -0.122. The topological polar surface area (TPSA) is 38.3 Å². The van der Waals surface area contributed by atoms with Gasteiger partial charge in [-0.3, -0.25) is 4.79 Å². The Morgan fingerprint density at radius 3 is 2.69 bits per heavy atom. The Hall–Kier alpha value is -0.670. The maximum Gasteiger partial charge on any atom is 0.183 e. The van der Waals surface area contributed by atoms with E-state index in [-0.39, 0.29) is 18.5 Å². The van der Waals surface area contributed by atoms with Crippen LogP contribution in [-0.4, -0.2) is 31.6 Å². The second-order valence-electron chi connectivity index (χ2n) is 3.46. The normalized spacial score (nSPS) is 18.5. The number of piperidine rings is 1. The second-order valence-corrected chi connectivity index (χ2v) is 3.46. The minimum absolute atomic E-state index is 0.0125. The molecule has 1 N–H and O–H groups in total. The van der Waals surface area contributed by atoms with E-state index in [1.54, 1.807) is 6.92 Å². The monoisotopic (exact) mass is 183 g/mol. The molecule has 13 heavy (non-hydrogen) atoms. The zero-order chi connectivity index (χ0) is 9.68. The molecule has 1 rings (SSSR count). The third-order valence-corrected chi connectivity index (χ3v) is 2.21. The van der Waals surface area contributed by atoms with Crippen molar-refractivity contribution in [2.45, 2.75) is 25.9 Å². The molecule has 1 aliphatic rings. The van der Waals surface area contributed by atoms with Gasteiger partial charge in [-0.1, -0.05) is 6.58 Å². The quantitative estimate of drug-likeness (QED) is 0.658. The Balaban J connectivity index is 2.17. The molecule has 0 bridgehead atoms. The van der Waals surface area contributed by atoms with Gasteiger partial charge in [0.05, 0.1) is 6.10 Å². The summed E-state index contributed by atoms with van der Waals surface area (Å²) >= 11 is 0.